The molecule has 0 aliphatic carbocycles. The Bertz CT molecular complexity index is 448. The monoisotopic (exact) mass is 252 g/mol. The van der Waals surface area contributed by atoms with E-state index < -0.39 is 5.97 Å². The van der Waals surface area contributed by atoms with Crippen molar-refractivity contribution in [3.05, 3.63) is 18.1 Å². The van der Waals surface area contributed by atoms with Gasteiger partial charge in [0.2, 0.25) is 5.91 Å². The first kappa shape index (κ1) is 13.9. The number of nitrogens with zero attached hydrogens (tertiary/aromatic N) is 3. The maximum atomic E-state index is 11.6. The standard InChI is InChI=1S/C11H16N4O3/c1-7(2)14-9(16)5-15(3)10-8(11(17)18)4-12-6-13-10/h4,6-7H,5H2,1-3H3,(H,14,16)(H,17,18). The number of aromatic carboxylic acids is 1. The third-order valence-electron chi connectivity index (χ3n) is 2.11. The topological polar surface area (TPSA) is 95.4 Å². The molecule has 0 radical (unpaired) electrons. The number of anilines is 1. The Morgan fingerprint density at radius 2 is 2.17 bits per heavy atom. The molecule has 1 amide bonds. The van der Waals surface area contributed by atoms with Crippen molar-refractivity contribution in [1.29, 1.82) is 0 Å². The SMILES string of the molecule is CC(C)NC(=O)CN(C)c1ncncc1C(=O)O. The molecule has 0 aliphatic rings. The molecule has 7 heteroatoms. The van der Waals surface area contributed by atoms with Crippen LogP contribution in [-0.2, 0) is 4.79 Å². The quantitative estimate of drug-likeness (QED) is 0.773. The van der Waals surface area contributed by atoms with Gasteiger partial charge in [-0.15, -0.1) is 0 Å². The molecular formula is C11H16N4O3. The molecule has 0 aromatic carbocycles. The molecule has 98 valence electrons. The van der Waals surface area contributed by atoms with Gasteiger partial charge in [0.05, 0.1) is 6.54 Å². The number of nitrogens with one attached hydrogen (secondary N) is 1. The molecule has 7 nitrogen and oxygen atoms in total. The van der Waals surface area contributed by atoms with Gasteiger partial charge in [-0.3, -0.25) is 4.79 Å². The van der Waals surface area contributed by atoms with Crippen molar-refractivity contribution in [1.82, 2.24) is 15.3 Å². The lowest BCUT2D eigenvalue weighted by atomic mass is 10.3. The van der Waals surface area contributed by atoms with Gasteiger partial charge in [-0.25, -0.2) is 14.8 Å². The van der Waals surface area contributed by atoms with Crippen LogP contribution >= 0.6 is 0 Å². The van der Waals surface area contributed by atoms with E-state index >= 15 is 0 Å². The fourth-order valence-corrected chi connectivity index (χ4v) is 1.44. The number of carbonyl (C=O) groups is 2. The third-order valence-corrected chi connectivity index (χ3v) is 2.11. The molecule has 18 heavy (non-hydrogen) atoms. The first-order valence-electron chi connectivity index (χ1n) is 5.45. The van der Waals surface area contributed by atoms with Gasteiger partial charge in [0, 0.05) is 19.3 Å². The summed E-state index contributed by atoms with van der Waals surface area (Å²) in [5.74, 6) is -1.10. The average Bonchev–Trinajstić information content (AvgIpc) is 2.27. The van der Waals surface area contributed by atoms with Crippen LogP contribution in [0, 0.1) is 0 Å². The molecule has 1 heterocycles. The Balaban J connectivity index is 2.81. The van der Waals surface area contributed by atoms with E-state index in [0.29, 0.717) is 0 Å². The minimum absolute atomic E-state index is 0.0302. The molecule has 2 N–H and O–H groups in total. The second-order valence-corrected chi connectivity index (χ2v) is 4.14. The molecule has 0 aliphatic heterocycles. The Morgan fingerprint density at radius 3 is 2.72 bits per heavy atom. The lowest BCUT2D eigenvalue weighted by molar-refractivity contribution is -0.120. The highest BCUT2D eigenvalue weighted by atomic mass is 16.4. The summed E-state index contributed by atoms with van der Waals surface area (Å²) < 4.78 is 0. The predicted molar refractivity (Wildman–Crippen MR) is 65.5 cm³/mol. The van der Waals surface area contributed by atoms with Crippen LogP contribution in [0.3, 0.4) is 0 Å². The Morgan fingerprint density at radius 1 is 1.50 bits per heavy atom. The van der Waals surface area contributed by atoms with Gasteiger partial charge in [-0.05, 0) is 13.8 Å². The molecule has 1 aromatic rings. The highest BCUT2D eigenvalue weighted by Crippen LogP contribution is 2.13. The van der Waals surface area contributed by atoms with Gasteiger partial charge in [0.15, 0.2) is 0 Å². The minimum Gasteiger partial charge on any atom is -0.477 e. The molecule has 0 bridgehead atoms. The van der Waals surface area contributed by atoms with Crippen LogP contribution in [0.25, 0.3) is 0 Å². The van der Waals surface area contributed by atoms with Crippen molar-refractivity contribution in [3.63, 3.8) is 0 Å². The smallest absolute Gasteiger partial charge is 0.341 e. The highest BCUT2D eigenvalue weighted by molar-refractivity contribution is 5.93. The van der Waals surface area contributed by atoms with Crippen LogP contribution in [0.4, 0.5) is 5.82 Å². The molecule has 0 spiro atoms. The molecule has 0 atom stereocenters. The summed E-state index contributed by atoms with van der Waals surface area (Å²) >= 11 is 0. The maximum absolute atomic E-state index is 11.6. The third kappa shape index (κ3) is 3.69. The number of hydrogen-bond donors (Lipinski definition) is 2. The van der Waals surface area contributed by atoms with Crippen molar-refractivity contribution in [3.8, 4) is 0 Å². The Labute approximate surface area is 105 Å². The van der Waals surface area contributed by atoms with Crippen LogP contribution in [0.15, 0.2) is 12.5 Å². The summed E-state index contributed by atoms with van der Waals surface area (Å²) in [4.78, 5) is 31.6. The molecule has 1 aromatic heterocycles. The van der Waals surface area contributed by atoms with E-state index in [2.05, 4.69) is 15.3 Å². The van der Waals surface area contributed by atoms with E-state index in [1.165, 1.54) is 17.4 Å². The number of aromatic nitrogens is 2. The summed E-state index contributed by atoms with van der Waals surface area (Å²) in [5, 5.41) is 11.7. The van der Waals surface area contributed by atoms with Crippen molar-refractivity contribution in [2.75, 3.05) is 18.5 Å². The van der Waals surface area contributed by atoms with Gasteiger partial charge >= 0.3 is 5.97 Å². The van der Waals surface area contributed by atoms with E-state index in [1.54, 1.807) is 7.05 Å². The lowest BCUT2D eigenvalue weighted by Gasteiger charge is -2.19. The summed E-state index contributed by atoms with van der Waals surface area (Å²) in [6.45, 7) is 3.74. The van der Waals surface area contributed by atoms with Crippen molar-refractivity contribution >= 4 is 17.7 Å². The normalized spacial score (nSPS) is 10.2. The van der Waals surface area contributed by atoms with Crippen molar-refractivity contribution in [2.45, 2.75) is 19.9 Å². The van der Waals surface area contributed by atoms with Gasteiger partial charge in [0.1, 0.15) is 17.7 Å². The predicted octanol–water partition coefficient (Wildman–Crippen LogP) is 0.136. The fraction of sp³-hybridized carbons (Fsp3) is 0.455. The molecule has 0 saturated carbocycles. The number of carbonyl (C=O) groups excluding carboxylic acids is 1. The molecule has 1 rings (SSSR count). The van der Waals surface area contributed by atoms with Crippen molar-refractivity contribution in [2.24, 2.45) is 0 Å². The zero-order valence-corrected chi connectivity index (χ0v) is 10.5. The zero-order valence-electron chi connectivity index (χ0n) is 10.5. The van der Waals surface area contributed by atoms with Gasteiger partial charge in [-0.1, -0.05) is 0 Å². The van der Waals surface area contributed by atoms with Crippen LogP contribution in [0.2, 0.25) is 0 Å². The maximum Gasteiger partial charge on any atom is 0.341 e. The average molecular weight is 252 g/mol. The number of rotatable bonds is 5. The number of hydrogen-bond acceptors (Lipinski definition) is 5. The summed E-state index contributed by atoms with van der Waals surface area (Å²) in [6.07, 6.45) is 2.46. The zero-order chi connectivity index (χ0) is 13.7. The van der Waals surface area contributed by atoms with Crippen LogP contribution in [0.5, 0.6) is 0 Å². The van der Waals surface area contributed by atoms with Crippen molar-refractivity contribution < 1.29 is 14.7 Å². The number of amides is 1. The van der Waals surface area contributed by atoms with E-state index in [9.17, 15) is 9.59 Å². The van der Waals surface area contributed by atoms with E-state index in [0.717, 1.165) is 0 Å². The number of likely N-dealkylation sites (N-methyl/N-ethyl adjacent to an activating group) is 1. The van der Waals surface area contributed by atoms with Gasteiger partial charge in [-0.2, -0.15) is 0 Å². The Kier molecular flexibility index (Phi) is 4.59. The van der Waals surface area contributed by atoms with Gasteiger partial charge < -0.3 is 15.3 Å². The Hall–Kier alpha value is -2.18. The highest BCUT2D eigenvalue weighted by Gasteiger charge is 2.17. The number of carboxylic acid groups (broad SMARTS) is 1. The second kappa shape index (κ2) is 5.95. The van der Waals surface area contributed by atoms with Crippen LogP contribution < -0.4 is 10.2 Å². The van der Waals surface area contributed by atoms with E-state index in [1.807, 2.05) is 13.8 Å². The molecule has 0 fully saturated rings. The second-order valence-electron chi connectivity index (χ2n) is 4.14. The first-order chi connectivity index (χ1) is 8.41. The largest absolute Gasteiger partial charge is 0.477 e. The molecular weight excluding hydrogens is 236 g/mol. The van der Waals surface area contributed by atoms with E-state index in [-0.39, 0.29) is 29.9 Å². The van der Waals surface area contributed by atoms with E-state index in [4.69, 9.17) is 5.11 Å². The number of carboxylic acids is 1. The van der Waals surface area contributed by atoms with Crippen LogP contribution in [0.1, 0.15) is 24.2 Å². The first-order valence-corrected chi connectivity index (χ1v) is 5.45. The summed E-state index contributed by atoms with van der Waals surface area (Å²) in [5.41, 5.74) is -0.0302. The summed E-state index contributed by atoms with van der Waals surface area (Å²) in [7, 11) is 1.61. The molecule has 0 unspecified atom stereocenters. The lowest BCUT2D eigenvalue weighted by Crippen LogP contribution is -2.39. The minimum atomic E-state index is -1.12. The fourth-order valence-electron chi connectivity index (χ4n) is 1.44. The molecule has 0 saturated heterocycles. The van der Waals surface area contributed by atoms with Crippen LogP contribution in [-0.4, -0.2) is 46.6 Å². The summed E-state index contributed by atoms with van der Waals surface area (Å²) in [6, 6.07) is 0.0373. The van der Waals surface area contributed by atoms with Gasteiger partial charge in [0.25, 0.3) is 0 Å².